The third-order valence-corrected chi connectivity index (χ3v) is 13.2. The topological polar surface area (TPSA) is 79.4 Å². The summed E-state index contributed by atoms with van der Waals surface area (Å²) in [5.74, 6) is -3.34. The number of fused-ring (bicyclic) bond motifs is 1. The zero-order valence-corrected chi connectivity index (χ0v) is 31.2. The first-order chi connectivity index (χ1) is 26.6. The molecule has 8 nitrogen and oxygen atoms in total. The Balaban J connectivity index is 0.800. The van der Waals surface area contributed by atoms with Crippen LogP contribution in [0.3, 0.4) is 0 Å². The number of benzene rings is 4. The molecule has 0 aromatic heterocycles. The fourth-order valence-electron chi connectivity index (χ4n) is 10.2. The molecule has 55 heavy (non-hydrogen) atoms. The lowest BCUT2D eigenvalue weighted by Crippen LogP contribution is -2.49. The molecule has 5 aliphatic rings. The zero-order chi connectivity index (χ0) is 37.7. The maximum Gasteiger partial charge on any atom is 0.328 e. The van der Waals surface area contributed by atoms with Crippen molar-refractivity contribution in [3.05, 3.63) is 119 Å². The second-order valence-corrected chi connectivity index (χ2v) is 16.6. The SMILES string of the molecule is O=C1CCN(c2ccc(N3CC[C@]4(CCN(CC5CCN(c6ccc([C@@H]7c8ccc(O)cc8C(F)(F)C[C@@H]7c7ccccc7)cc6)CC5)C4)C3)cc2)C(=O)N1. The average molecular weight is 746 g/mol. The fourth-order valence-corrected chi connectivity index (χ4v) is 10.2. The molecule has 4 aliphatic heterocycles. The number of likely N-dealkylation sites (tertiary alicyclic amines) is 1. The van der Waals surface area contributed by atoms with E-state index in [-0.39, 0.29) is 41.5 Å². The molecule has 4 fully saturated rings. The minimum Gasteiger partial charge on any atom is -0.508 e. The van der Waals surface area contributed by atoms with Crippen molar-refractivity contribution < 1.29 is 23.5 Å². The first-order valence-electron chi connectivity index (χ1n) is 19.9. The summed E-state index contributed by atoms with van der Waals surface area (Å²) < 4.78 is 31.1. The second kappa shape index (κ2) is 14.3. The van der Waals surface area contributed by atoms with Crippen LogP contribution in [-0.4, -0.2) is 74.3 Å². The van der Waals surface area contributed by atoms with Crippen LogP contribution in [0, 0.1) is 11.3 Å². The van der Waals surface area contributed by atoms with Gasteiger partial charge in [-0.3, -0.25) is 15.0 Å². The van der Waals surface area contributed by atoms with Crippen LogP contribution < -0.4 is 20.0 Å². The number of hydrogen-bond donors (Lipinski definition) is 2. The van der Waals surface area contributed by atoms with Gasteiger partial charge < -0.3 is 19.8 Å². The van der Waals surface area contributed by atoms with Gasteiger partial charge in [-0.1, -0.05) is 48.5 Å². The molecule has 10 heteroatoms. The molecule has 0 radical (unpaired) electrons. The molecule has 0 saturated carbocycles. The Morgan fingerprint density at radius 3 is 2.16 bits per heavy atom. The molecule has 0 bridgehead atoms. The molecular formula is C45H49F2N5O3. The number of rotatable bonds is 7. The van der Waals surface area contributed by atoms with Gasteiger partial charge in [0.1, 0.15) is 5.75 Å². The smallest absolute Gasteiger partial charge is 0.328 e. The van der Waals surface area contributed by atoms with Gasteiger partial charge in [-0.15, -0.1) is 0 Å². The number of hydrogen-bond acceptors (Lipinski definition) is 6. The van der Waals surface area contributed by atoms with Gasteiger partial charge in [-0.05, 0) is 103 Å². The molecule has 1 spiro atoms. The Kier molecular flexibility index (Phi) is 9.27. The normalized spacial score (nSPS) is 25.7. The second-order valence-electron chi connectivity index (χ2n) is 16.6. The van der Waals surface area contributed by atoms with E-state index in [0.717, 1.165) is 75.5 Å². The number of alkyl halides is 2. The Labute approximate surface area is 321 Å². The van der Waals surface area contributed by atoms with Gasteiger partial charge in [0.05, 0.1) is 0 Å². The number of phenolic OH excluding ortho intramolecular Hbond substituents is 1. The number of phenols is 1. The molecule has 3 atom stereocenters. The number of urea groups is 1. The van der Waals surface area contributed by atoms with Crippen LogP contribution in [0.15, 0.2) is 97.1 Å². The monoisotopic (exact) mass is 745 g/mol. The lowest BCUT2D eigenvalue weighted by atomic mass is 9.68. The highest BCUT2D eigenvalue weighted by Gasteiger charge is 2.47. The third-order valence-electron chi connectivity index (χ3n) is 13.2. The number of nitrogens with zero attached hydrogens (tertiary/aromatic N) is 4. The van der Waals surface area contributed by atoms with E-state index >= 15 is 8.78 Å². The maximum atomic E-state index is 15.6. The fraction of sp³-hybridized carbons (Fsp3) is 0.422. The molecule has 4 heterocycles. The Morgan fingerprint density at radius 2 is 1.42 bits per heavy atom. The molecular weight excluding hydrogens is 697 g/mol. The molecule has 1 aliphatic carbocycles. The van der Waals surface area contributed by atoms with Crippen molar-refractivity contribution in [1.29, 1.82) is 0 Å². The number of amides is 3. The zero-order valence-electron chi connectivity index (χ0n) is 31.2. The van der Waals surface area contributed by atoms with Crippen LogP contribution in [-0.2, 0) is 10.7 Å². The van der Waals surface area contributed by atoms with E-state index in [4.69, 9.17) is 0 Å². The van der Waals surface area contributed by atoms with E-state index in [0.29, 0.717) is 29.9 Å². The summed E-state index contributed by atoms with van der Waals surface area (Å²) in [4.78, 5) is 33.1. The van der Waals surface area contributed by atoms with Gasteiger partial charge >= 0.3 is 6.03 Å². The molecule has 0 unspecified atom stereocenters. The number of carbonyl (C=O) groups is 2. The highest BCUT2D eigenvalue weighted by molar-refractivity contribution is 6.05. The van der Waals surface area contributed by atoms with Crippen LogP contribution in [0.4, 0.5) is 30.6 Å². The predicted molar refractivity (Wildman–Crippen MR) is 211 cm³/mol. The standard InChI is InChI=1S/C45H49F2N5O3/c46-45(47)27-39(32-4-2-1-3-5-32)42(38-15-14-37(53)26-40(38)45)33-6-8-34(9-7-33)50-21-16-31(17-22-50)28-49-24-19-44(29-49)20-25-51(30-44)35-10-12-36(13-11-35)52-23-18-41(54)48-43(52)55/h1-15,26,31,39,42,53H,16-25,27-30H2,(H,48,54,55)/t39-,42-,44+/m1/s1. The van der Waals surface area contributed by atoms with E-state index in [1.807, 2.05) is 42.5 Å². The van der Waals surface area contributed by atoms with Gasteiger partial charge in [0.2, 0.25) is 5.91 Å². The highest BCUT2D eigenvalue weighted by atomic mass is 19.3. The van der Waals surface area contributed by atoms with E-state index in [1.54, 1.807) is 11.0 Å². The molecule has 4 saturated heterocycles. The molecule has 286 valence electrons. The van der Waals surface area contributed by atoms with Crippen LogP contribution >= 0.6 is 0 Å². The summed E-state index contributed by atoms with van der Waals surface area (Å²) >= 11 is 0. The lowest BCUT2D eigenvalue weighted by Gasteiger charge is -2.39. The minimum absolute atomic E-state index is 0.0677. The van der Waals surface area contributed by atoms with E-state index in [9.17, 15) is 14.7 Å². The van der Waals surface area contributed by atoms with E-state index in [2.05, 4.69) is 56.4 Å². The van der Waals surface area contributed by atoms with Crippen molar-refractivity contribution >= 4 is 29.0 Å². The third kappa shape index (κ3) is 7.05. The van der Waals surface area contributed by atoms with Gasteiger partial charge in [-0.2, -0.15) is 0 Å². The number of nitrogens with one attached hydrogen (secondary N) is 1. The Morgan fingerprint density at radius 1 is 0.727 bits per heavy atom. The quantitative estimate of drug-likeness (QED) is 0.199. The summed E-state index contributed by atoms with van der Waals surface area (Å²) in [7, 11) is 0. The maximum absolute atomic E-state index is 15.6. The number of carbonyl (C=O) groups excluding carboxylic acids is 2. The van der Waals surface area contributed by atoms with Crippen LogP contribution in [0.5, 0.6) is 5.75 Å². The number of anilines is 3. The Bertz CT molecular complexity index is 2040. The van der Waals surface area contributed by atoms with Crippen LogP contribution in [0.2, 0.25) is 0 Å². The number of imide groups is 1. The van der Waals surface area contributed by atoms with Gasteiger partial charge in [0, 0.05) is 98.5 Å². The molecule has 9 rings (SSSR count). The van der Waals surface area contributed by atoms with Gasteiger partial charge in [-0.25, -0.2) is 13.6 Å². The van der Waals surface area contributed by atoms with Crippen molar-refractivity contribution in [2.45, 2.75) is 56.3 Å². The van der Waals surface area contributed by atoms with Crippen LogP contribution in [0.25, 0.3) is 0 Å². The molecule has 4 aromatic carbocycles. The average Bonchev–Trinajstić information content (AvgIpc) is 3.80. The number of halogens is 2. The number of aromatic hydroxyl groups is 1. The first kappa shape index (κ1) is 35.7. The minimum atomic E-state index is -3.03. The molecule has 2 N–H and O–H groups in total. The van der Waals surface area contributed by atoms with E-state index < -0.39 is 5.92 Å². The molecule has 4 aromatic rings. The van der Waals surface area contributed by atoms with Crippen molar-refractivity contribution in [3.8, 4) is 5.75 Å². The van der Waals surface area contributed by atoms with Crippen LogP contribution in [0.1, 0.15) is 72.6 Å². The highest BCUT2D eigenvalue weighted by Crippen LogP contribution is 2.55. The van der Waals surface area contributed by atoms with Gasteiger partial charge in [0.15, 0.2) is 0 Å². The Hall–Kier alpha value is -4.96. The van der Waals surface area contributed by atoms with Crippen molar-refractivity contribution in [3.63, 3.8) is 0 Å². The first-order valence-corrected chi connectivity index (χ1v) is 19.9. The summed E-state index contributed by atoms with van der Waals surface area (Å²) in [5.41, 5.74) is 5.95. The van der Waals surface area contributed by atoms with Crippen molar-refractivity contribution in [1.82, 2.24) is 10.2 Å². The van der Waals surface area contributed by atoms with E-state index in [1.165, 1.54) is 36.3 Å². The van der Waals surface area contributed by atoms with Crippen molar-refractivity contribution in [2.75, 3.05) is 67.1 Å². The largest absolute Gasteiger partial charge is 0.508 e. The van der Waals surface area contributed by atoms with Crippen molar-refractivity contribution in [2.24, 2.45) is 11.3 Å². The summed E-state index contributed by atoms with van der Waals surface area (Å²) in [6.07, 6.45) is 4.74. The summed E-state index contributed by atoms with van der Waals surface area (Å²) in [5, 5.41) is 12.5. The summed E-state index contributed by atoms with van der Waals surface area (Å²) in [6.45, 7) is 7.96. The predicted octanol–water partition coefficient (Wildman–Crippen LogP) is 8.07. The lowest BCUT2D eigenvalue weighted by molar-refractivity contribution is -0.120. The molecule has 3 amide bonds. The number of piperidine rings is 1. The van der Waals surface area contributed by atoms with Gasteiger partial charge in [0.25, 0.3) is 5.92 Å². The summed E-state index contributed by atoms with van der Waals surface area (Å²) in [6, 6.07) is 30.6.